The number of halogens is 3. The van der Waals surface area contributed by atoms with Gasteiger partial charge in [-0.05, 0) is 58.8 Å². The lowest BCUT2D eigenvalue weighted by atomic mass is 10.1. The number of esters is 1. The molecule has 10 heteroatoms. The van der Waals surface area contributed by atoms with Gasteiger partial charge in [0.15, 0.2) is 0 Å². The highest BCUT2D eigenvalue weighted by Gasteiger charge is 2.33. The fourth-order valence-electron chi connectivity index (χ4n) is 2.85. The largest absolute Gasteiger partial charge is 0.506 e. The van der Waals surface area contributed by atoms with E-state index in [-0.39, 0.29) is 36.0 Å². The molecule has 0 unspecified atom stereocenters. The van der Waals surface area contributed by atoms with Crippen molar-refractivity contribution in [2.24, 2.45) is 4.99 Å². The van der Waals surface area contributed by atoms with Crippen LogP contribution in [0.25, 0.3) is 6.08 Å². The second-order valence-electron chi connectivity index (χ2n) is 6.93. The summed E-state index contributed by atoms with van der Waals surface area (Å²) < 4.78 is 11.6. The molecule has 2 aromatic carbocycles. The molecule has 2 aromatic rings. The van der Waals surface area contributed by atoms with Crippen LogP contribution in [0.3, 0.4) is 0 Å². The average molecular weight is 585 g/mol. The second kappa shape index (κ2) is 11.9. The summed E-state index contributed by atoms with van der Waals surface area (Å²) in [6.45, 7) is 3.70. The lowest BCUT2D eigenvalue weighted by Gasteiger charge is -2.10. The third-order valence-electron chi connectivity index (χ3n) is 4.55. The summed E-state index contributed by atoms with van der Waals surface area (Å²) in [6.07, 6.45) is 1.86. The highest BCUT2D eigenvalue weighted by molar-refractivity contribution is 9.10. The molecule has 6 nitrogen and oxygen atoms in total. The summed E-state index contributed by atoms with van der Waals surface area (Å²) in [7, 11) is 0. The standard InChI is InChI=1S/C24H20BrCl2NO5S/c1-3-20(29)28-23-21(24(31)32-4-2)22(30)19(34-23)10-13-5-8-18(16(25)9-13)33-12-14-6-7-15(26)11-17(14)27/h5-11,30H,3-4,12H2,1-2H3/b19-10-,28-23?. The number of nitrogens with zero attached hydrogens (tertiary/aromatic N) is 1. The number of benzene rings is 2. The van der Waals surface area contributed by atoms with Crippen LogP contribution < -0.4 is 4.74 Å². The maximum atomic E-state index is 12.4. The van der Waals surface area contributed by atoms with Crippen LogP contribution in [0.15, 0.2) is 62.1 Å². The van der Waals surface area contributed by atoms with Crippen LogP contribution in [0.1, 0.15) is 31.4 Å². The number of carbonyl (C=O) groups is 2. The number of rotatable bonds is 7. The first kappa shape index (κ1) is 26.3. The van der Waals surface area contributed by atoms with E-state index in [0.717, 1.165) is 22.9 Å². The Kier molecular flexibility index (Phi) is 9.24. The van der Waals surface area contributed by atoms with Crippen molar-refractivity contribution in [3.63, 3.8) is 0 Å². The van der Waals surface area contributed by atoms with Gasteiger partial charge in [0.1, 0.15) is 28.7 Å². The van der Waals surface area contributed by atoms with Crippen molar-refractivity contribution < 1.29 is 24.2 Å². The van der Waals surface area contributed by atoms with Crippen LogP contribution in [0.5, 0.6) is 5.75 Å². The van der Waals surface area contributed by atoms with E-state index in [9.17, 15) is 14.7 Å². The molecule has 0 aliphatic carbocycles. The highest BCUT2D eigenvalue weighted by atomic mass is 79.9. The van der Waals surface area contributed by atoms with Gasteiger partial charge < -0.3 is 14.6 Å². The molecule has 1 N–H and O–H groups in total. The first-order valence-corrected chi connectivity index (χ1v) is 12.6. The van der Waals surface area contributed by atoms with Gasteiger partial charge in [-0.25, -0.2) is 9.79 Å². The number of carbonyl (C=O) groups excluding carboxylic acids is 2. The molecule has 0 aromatic heterocycles. The molecule has 1 heterocycles. The average Bonchev–Trinajstić information content (AvgIpc) is 3.08. The molecule has 0 spiro atoms. The summed E-state index contributed by atoms with van der Waals surface area (Å²) in [5.74, 6) is -0.817. The van der Waals surface area contributed by atoms with Crippen molar-refractivity contribution in [2.75, 3.05) is 6.61 Å². The van der Waals surface area contributed by atoms with E-state index in [2.05, 4.69) is 20.9 Å². The van der Waals surface area contributed by atoms with Gasteiger partial charge in [0, 0.05) is 22.0 Å². The van der Waals surface area contributed by atoms with Crippen molar-refractivity contribution in [3.05, 3.63) is 78.3 Å². The number of thioether (sulfide) groups is 1. The smallest absolute Gasteiger partial charge is 0.344 e. The molecule has 3 rings (SSSR count). The van der Waals surface area contributed by atoms with E-state index in [0.29, 0.717) is 25.2 Å². The Labute approximate surface area is 219 Å². The Hall–Kier alpha value is -2.26. The van der Waals surface area contributed by atoms with Gasteiger partial charge in [-0.3, -0.25) is 4.79 Å². The Morgan fingerprint density at radius 2 is 1.94 bits per heavy atom. The van der Waals surface area contributed by atoms with Gasteiger partial charge in [0.2, 0.25) is 5.91 Å². The molecule has 0 saturated heterocycles. The van der Waals surface area contributed by atoms with Crippen molar-refractivity contribution >= 4 is 73.9 Å². The third-order valence-corrected chi connectivity index (χ3v) is 6.78. The molecule has 0 bridgehead atoms. The zero-order chi connectivity index (χ0) is 24.8. The monoisotopic (exact) mass is 583 g/mol. The molecule has 178 valence electrons. The molecule has 0 saturated carbocycles. The van der Waals surface area contributed by atoms with Crippen molar-refractivity contribution in [3.8, 4) is 5.75 Å². The van der Waals surface area contributed by atoms with E-state index >= 15 is 0 Å². The molecule has 1 aliphatic rings. The number of hydrogen-bond acceptors (Lipinski definition) is 6. The van der Waals surface area contributed by atoms with Crippen molar-refractivity contribution in [1.82, 2.24) is 0 Å². The highest BCUT2D eigenvalue weighted by Crippen LogP contribution is 2.40. The maximum Gasteiger partial charge on any atom is 0.344 e. The fraction of sp³-hybridized carbons (Fsp3) is 0.208. The molecular weight excluding hydrogens is 565 g/mol. The van der Waals surface area contributed by atoms with Gasteiger partial charge in [-0.2, -0.15) is 0 Å². The molecule has 34 heavy (non-hydrogen) atoms. The minimum Gasteiger partial charge on any atom is -0.506 e. The van der Waals surface area contributed by atoms with E-state index < -0.39 is 11.9 Å². The molecule has 0 fully saturated rings. The van der Waals surface area contributed by atoms with E-state index in [1.165, 1.54) is 0 Å². The summed E-state index contributed by atoms with van der Waals surface area (Å²) in [5, 5.41) is 11.9. The van der Waals surface area contributed by atoms with Crippen LogP contribution in [0.2, 0.25) is 10.0 Å². The Morgan fingerprint density at radius 3 is 2.59 bits per heavy atom. The normalized spacial score (nSPS) is 15.8. The van der Waals surface area contributed by atoms with Crippen LogP contribution in [0, 0.1) is 0 Å². The van der Waals surface area contributed by atoms with E-state index in [1.54, 1.807) is 56.3 Å². The number of hydrogen-bond donors (Lipinski definition) is 1. The van der Waals surface area contributed by atoms with E-state index in [4.69, 9.17) is 32.7 Å². The summed E-state index contributed by atoms with van der Waals surface area (Å²) in [6, 6.07) is 10.6. The van der Waals surface area contributed by atoms with Crippen LogP contribution >= 0.6 is 50.9 Å². The molecule has 0 radical (unpaired) electrons. The zero-order valence-electron chi connectivity index (χ0n) is 18.2. The van der Waals surface area contributed by atoms with Gasteiger partial charge in [-0.15, -0.1) is 0 Å². The number of aliphatic imine (C=N–C) groups is 1. The number of ether oxygens (including phenoxy) is 2. The Bertz CT molecular complexity index is 1230. The van der Waals surface area contributed by atoms with Crippen LogP contribution in [-0.4, -0.2) is 28.6 Å². The zero-order valence-corrected chi connectivity index (χ0v) is 22.1. The van der Waals surface area contributed by atoms with Crippen LogP contribution in [0.4, 0.5) is 0 Å². The summed E-state index contributed by atoms with van der Waals surface area (Å²) in [5.41, 5.74) is 1.41. The number of aliphatic hydroxyl groups excluding tert-OH is 1. The Balaban J connectivity index is 1.84. The molecular formula is C24H20BrCl2NO5S. The fourth-order valence-corrected chi connectivity index (χ4v) is 4.86. The van der Waals surface area contributed by atoms with Gasteiger partial charge in [0.05, 0.1) is 16.0 Å². The number of amides is 1. The summed E-state index contributed by atoms with van der Waals surface area (Å²) >= 11 is 16.7. The quantitative estimate of drug-likeness (QED) is 0.348. The number of aliphatic hydroxyl groups is 1. The molecule has 1 amide bonds. The van der Waals surface area contributed by atoms with Crippen molar-refractivity contribution in [1.29, 1.82) is 0 Å². The third kappa shape index (κ3) is 6.44. The topological polar surface area (TPSA) is 85.2 Å². The SMILES string of the molecule is CCOC(=O)C1=C(O)/C(=C/c2ccc(OCc3ccc(Cl)cc3Cl)c(Br)c2)SC1=NC(=O)CC. The predicted octanol–water partition coefficient (Wildman–Crippen LogP) is 7.13. The second-order valence-corrected chi connectivity index (χ2v) is 9.66. The summed E-state index contributed by atoms with van der Waals surface area (Å²) in [4.78, 5) is 28.5. The predicted molar refractivity (Wildman–Crippen MR) is 140 cm³/mol. The van der Waals surface area contributed by atoms with Gasteiger partial charge in [-0.1, -0.05) is 54.0 Å². The Morgan fingerprint density at radius 1 is 1.18 bits per heavy atom. The first-order valence-electron chi connectivity index (χ1n) is 10.2. The molecule has 0 atom stereocenters. The van der Waals surface area contributed by atoms with Gasteiger partial charge >= 0.3 is 5.97 Å². The lowest BCUT2D eigenvalue weighted by molar-refractivity contribution is -0.138. The molecule has 1 aliphatic heterocycles. The maximum absolute atomic E-state index is 12.4. The first-order chi connectivity index (χ1) is 16.2. The van der Waals surface area contributed by atoms with Crippen molar-refractivity contribution in [2.45, 2.75) is 26.9 Å². The van der Waals surface area contributed by atoms with Crippen LogP contribution in [-0.2, 0) is 20.9 Å². The van der Waals surface area contributed by atoms with Gasteiger partial charge in [0.25, 0.3) is 0 Å². The lowest BCUT2D eigenvalue weighted by Crippen LogP contribution is -2.14. The van der Waals surface area contributed by atoms with E-state index in [1.807, 2.05) is 0 Å². The minimum absolute atomic E-state index is 0.112. The minimum atomic E-state index is -0.732.